The van der Waals surface area contributed by atoms with Crippen LogP contribution in [0.4, 0.5) is 0 Å². The van der Waals surface area contributed by atoms with Crippen LogP contribution in [-0.4, -0.2) is 26.1 Å². The second-order valence-electron chi connectivity index (χ2n) is 3.33. The molecular formula is C11H11N3O2. The number of aryl methyl sites for hydroxylation is 1. The molecule has 0 unspecified atom stereocenters. The molecule has 0 radical (unpaired) electrons. The smallest absolute Gasteiger partial charge is 0.337 e. The zero-order valence-electron chi connectivity index (χ0n) is 8.79. The minimum Gasteiger partial charge on any atom is -0.478 e. The number of rotatable bonds is 3. The molecule has 1 aromatic heterocycles. The molecule has 0 bridgehead atoms. The Morgan fingerprint density at radius 2 is 2.06 bits per heavy atom. The minimum atomic E-state index is -0.970. The number of aromatic nitrogens is 3. The third kappa shape index (κ3) is 1.79. The summed E-state index contributed by atoms with van der Waals surface area (Å²) in [4.78, 5) is 12.4. The molecule has 0 fully saturated rings. The maximum Gasteiger partial charge on any atom is 0.337 e. The van der Waals surface area contributed by atoms with Gasteiger partial charge in [0.05, 0.1) is 18.0 Å². The third-order valence-electron chi connectivity index (χ3n) is 2.33. The van der Waals surface area contributed by atoms with E-state index in [2.05, 4.69) is 10.2 Å². The highest BCUT2D eigenvalue weighted by atomic mass is 16.4. The van der Waals surface area contributed by atoms with E-state index in [4.69, 9.17) is 5.11 Å². The fourth-order valence-corrected chi connectivity index (χ4v) is 1.49. The van der Waals surface area contributed by atoms with E-state index in [-0.39, 0.29) is 5.56 Å². The number of benzene rings is 1. The lowest BCUT2D eigenvalue weighted by Crippen LogP contribution is -2.08. The van der Waals surface area contributed by atoms with E-state index in [1.807, 2.05) is 13.0 Å². The van der Waals surface area contributed by atoms with E-state index in [9.17, 15) is 4.79 Å². The van der Waals surface area contributed by atoms with Gasteiger partial charge < -0.3 is 5.11 Å². The van der Waals surface area contributed by atoms with Gasteiger partial charge in [0.1, 0.15) is 5.69 Å². The molecule has 2 aromatic rings. The molecule has 0 amide bonds. The van der Waals surface area contributed by atoms with Crippen LogP contribution in [-0.2, 0) is 6.42 Å². The number of carboxylic acid groups (broad SMARTS) is 1. The fraction of sp³-hybridized carbons (Fsp3) is 0.182. The molecule has 0 aliphatic heterocycles. The minimum absolute atomic E-state index is 0.218. The van der Waals surface area contributed by atoms with E-state index >= 15 is 0 Å². The topological polar surface area (TPSA) is 68.0 Å². The third-order valence-corrected chi connectivity index (χ3v) is 2.33. The molecule has 16 heavy (non-hydrogen) atoms. The van der Waals surface area contributed by atoms with Crippen LogP contribution in [0.1, 0.15) is 22.8 Å². The van der Waals surface area contributed by atoms with Crippen molar-refractivity contribution in [3.8, 4) is 5.69 Å². The molecule has 0 saturated heterocycles. The van der Waals surface area contributed by atoms with Crippen LogP contribution in [0.5, 0.6) is 0 Å². The molecule has 0 saturated carbocycles. The summed E-state index contributed by atoms with van der Waals surface area (Å²) in [7, 11) is 0. The van der Waals surface area contributed by atoms with Gasteiger partial charge in [-0.1, -0.05) is 13.0 Å². The molecular weight excluding hydrogens is 206 g/mol. The first-order valence-corrected chi connectivity index (χ1v) is 4.95. The molecule has 82 valence electrons. The number of aromatic carboxylic acids is 1. The van der Waals surface area contributed by atoms with Crippen molar-refractivity contribution in [1.82, 2.24) is 15.0 Å². The van der Waals surface area contributed by atoms with Gasteiger partial charge in [-0.2, -0.15) is 15.0 Å². The maximum atomic E-state index is 11.1. The Balaban J connectivity index is 2.57. The molecule has 1 N–H and O–H groups in total. The van der Waals surface area contributed by atoms with Gasteiger partial charge in [0.15, 0.2) is 0 Å². The Labute approximate surface area is 92.3 Å². The standard InChI is InChI=1S/C11H11N3O2/c1-2-8-3-4-10(9(7-8)11(15)16)14-12-5-6-13-14/h3-7H,2H2,1H3,(H,15,16). The van der Waals surface area contributed by atoms with Crippen molar-refractivity contribution < 1.29 is 9.90 Å². The van der Waals surface area contributed by atoms with Crippen molar-refractivity contribution in [3.63, 3.8) is 0 Å². The number of nitrogens with zero attached hydrogens (tertiary/aromatic N) is 3. The molecule has 0 aliphatic rings. The molecule has 0 spiro atoms. The summed E-state index contributed by atoms with van der Waals surface area (Å²) in [6.45, 7) is 1.98. The van der Waals surface area contributed by atoms with E-state index in [1.54, 1.807) is 12.1 Å². The van der Waals surface area contributed by atoms with E-state index < -0.39 is 5.97 Å². The van der Waals surface area contributed by atoms with Crippen LogP contribution in [0.2, 0.25) is 0 Å². The average molecular weight is 217 g/mol. The summed E-state index contributed by atoms with van der Waals surface area (Å²) < 4.78 is 0. The van der Waals surface area contributed by atoms with Crippen molar-refractivity contribution in [1.29, 1.82) is 0 Å². The highest BCUT2D eigenvalue weighted by Crippen LogP contribution is 2.15. The number of hydrogen-bond acceptors (Lipinski definition) is 3. The lowest BCUT2D eigenvalue weighted by molar-refractivity contribution is 0.0696. The first-order chi connectivity index (χ1) is 7.72. The fourth-order valence-electron chi connectivity index (χ4n) is 1.49. The molecule has 5 nitrogen and oxygen atoms in total. The summed E-state index contributed by atoms with van der Waals surface area (Å²) in [6.07, 6.45) is 3.83. The van der Waals surface area contributed by atoms with Crippen LogP contribution >= 0.6 is 0 Å². The van der Waals surface area contributed by atoms with Crippen LogP contribution in [0.15, 0.2) is 30.6 Å². The molecule has 1 heterocycles. The van der Waals surface area contributed by atoms with Crippen molar-refractivity contribution in [2.45, 2.75) is 13.3 Å². The Kier molecular flexibility index (Phi) is 2.68. The Morgan fingerprint density at radius 1 is 1.38 bits per heavy atom. The summed E-state index contributed by atoms with van der Waals surface area (Å²) in [6, 6.07) is 5.26. The zero-order chi connectivity index (χ0) is 11.5. The monoisotopic (exact) mass is 217 g/mol. The number of hydrogen-bond donors (Lipinski definition) is 1. The van der Waals surface area contributed by atoms with Gasteiger partial charge in [0.2, 0.25) is 0 Å². The molecule has 2 rings (SSSR count). The van der Waals surface area contributed by atoms with E-state index in [0.717, 1.165) is 12.0 Å². The SMILES string of the molecule is CCc1ccc(-n2nccn2)c(C(=O)O)c1. The lowest BCUT2D eigenvalue weighted by atomic mass is 10.1. The first kappa shape index (κ1) is 10.4. The van der Waals surface area contributed by atoms with Crippen molar-refractivity contribution in [3.05, 3.63) is 41.7 Å². The zero-order valence-corrected chi connectivity index (χ0v) is 8.79. The van der Waals surface area contributed by atoms with Crippen LogP contribution < -0.4 is 0 Å². The van der Waals surface area contributed by atoms with Gasteiger partial charge in [0.25, 0.3) is 0 Å². The summed E-state index contributed by atoms with van der Waals surface area (Å²) in [5.74, 6) is -0.970. The van der Waals surface area contributed by atoms with Gasteiger partial charge in [-0.15, -0.1) is 0 Å². The number of carbonyl (C=O) groups is 1. The quantitative estimate of drug-likeness (QED) is 0.846. The molecule has 0 aliphatic carbocycles. The normalized spacial score (nSPS) is 10.3. The first-order valence-electron chi connectivity index (χ1n) is 4.95. The summed E-state index contributed by atoms with van der Waals surface area (Å²) >= 11 is 0. The lowest BCUT2D eigenvalue weighted by Gasteiger charge is -2.06. The van der Waals surface area contributed by atoms with Gasteiger partial charge in [0, 0.05) is 0 Å². The Hall–Kier alpha value is -2.17. The van der Waals surface area contributed by atoms with Crippen molar-refractivity contribution in [2.75, 3.05) is 0 Å². The summed E-state index contributed by atoms with van der Waals surface area (Å²) in [5.41, 5.74) is 1.68. The van der Waals surface area contributed by atoms with E-state index in [1.165, 1.54) is 17.2 Å². The van der Waals surface area contributed by atoms with Crippen molar-refractivity contribution >= 4 is 5.97 Å². The predicted octanol–water partition coefficient (Wildman–Crippen LogP) is 1.53. The second kappa shape index (κ2) is 4.14. The maximum absolute atomic E-state index is 11.1. The van der Waals surface area contributed by atoms with Gasteiger partial charge in [-0.3, -0.25) is 0 Å². The largest absolute Gasteiger partial charge is 0.478 e. The Morgan fingerprint density at radius 3 is 2.62 bits per heavy atom. The molecule has 0 atom stereocenters. The average Bonchev–Trinajstić information content (AvgIpc) is 2.81. The van der Waals surface area contributed by atoms with Crippen LogP contribution in [0.3, 0.4) is 0 Å². The highest BCUT2D eigenvalue weighted by Gasteiger charge is 2.13. The van der Waals surface area contributed by atoms with Gasteiger partial charge in [-0.05, 0) is 24.1 Å². The summed E-state index contributed by atoms with van der Waals surface area (Å²) in [5, 5.41) is 17.0. The van der Waals surface area contributed by atoms with Crippen molar-refractivity contribution in [2.24, 2.45) is 0 Å². The predicted molar refractivity (Wildman–Crippen MR) is 57.7 cm³/mol. The molecule has 1 aromatic carbocycles. The highest BCUT2D eigenvalue weighted by molar-refractivity contribution is 5.92. The number of carboxylic acids is 1. The van der Waals surface area contributed by atoms with Crippen LogP contribution in [0.25, 0.3) is 5.69 Å². The molecule has 5 heteroatoms. The Bertz CT molecular complexity index is 506. The van der Waals surface area contributed by atoms with Crippen LogP contribution in [0, 0.1) is 0 Å². The van der Waals surface area contributed by atoms with Gasteiger partial charge in [-0.25, -0.2) is 4.79 Å². The second-order valence-corrected chi connectivity index (χ2v) is 3.33. The van der Waals surface area contributed by atoms with Gasteiger partial charge >= 0.3 is 5.97 Å². The van der Waals surface area contributed by atoms with E-state index in [0.29, 0.717) is 5.69 Å².